The molecule has 0 aliphatic carbocycles. The predicted octanol–water partition coefficient (Wildman–Crippen LogP) is 2.40. The molecule has 0 saturated carbocycles. The Labute approximate surface area is 184 Å². The number of esters is 3. The van der Waals surface area contributed by atoms with E-state index in [1.54, 1.807) is 6.92 Å². The third kappa shape index (κ3) is 13.0. The van der Waals surface area contributed by atoms with Gasteiger partial charge in [0.15, 0.2) is 0 Å². The molecule has 1 rings (SSSR count). The summed E-state index contributed by atoms with van der Waals surface area (Å²) in [4.78, 5) is 35.9. The topological polar surface area (TPSA) is 112 Å². The quantitative estimate of drug-likeness (QED) is 0.114. The van der Waals surface area contributed by atoms with E-state index in [2.05, 4.69) is 5.92 Å². The van der Waals surface area contributed by atoms with Gasteiger partial charge >= 0.3 is 17.9 Å². The molecule has 3 atom stereocenters. The van der Waals surface area contributed by atoms with Gasteiger partial charge in [0, 0.05) is 19.4 Å². The lowest BCUT2D eigenvalue weighted by molar-refractivity contribution is -0.150. The van der Waals surface area contributed by atoms with Crippen LogP contribution in [0.25, 0.3) is 0 Å². The normalized spacial score (nSPS) is 16.6. The second kappa shape index (κ2) is 16.6. The van der Waals surface area contributed by atoms with Crippen LogP contribution in [0.4, 0.5) is 0 Å². The van der Waals surface area contributed by atoms with Crippen LogP contribution in [-0.4, -0.2) is 62.2 Å². The molecule has 1 aliphatic rings. The monoisotopic (exact) mass is 440 g/mol. The molecule has 8 heteroatoms. The van der Waals surface area contributed by atoms with Gasteiger partial charge in [-0.15, -0.1) is 12.3 Å². The number of carbonyl (C=O) groups is 3. The zero-order chi connectivity index (χ0) is 22.9. The van der Waals surface area contributed by atoms with Crippen LogP contribution in [0.2, 0.25) is 0 Å². The standard InChI is InChI=1S/C23H36O8/c1-3-9-18(10-7-13-24)22(26)30-15-8-11-19(16-20-17-31-20)23(27)29-14-6-5-12-21(25)28-4-2/h1,18-20,24H,4-17H2,2H3. The van der Waals surface area contributed by atoms with Crippen molar-refractivity contribution in [2.75, 3.05) is 33.0 Å². The maximum atomic E-state index is 12.4. The molecule has 1 N–H and O–H groups in total. The molecule has 0 radical (unpaired) electrons. The van der Waals surface area contributed by atoms with E-state index in [9.17, 15) is 14.4 Å². The van der Waals surface area contributed by atoms with E-state index in [1.165, 1.54) is 0 Å². The molecule has 0 aromatic heterocycles. The molecule has 3 unspecified atom stereocenters. The summed E-state index contributed by atoms with van der Waals surface area (Å²) in [5.74, 6) is 0.853. The average molecular weight is 441 g/mol. The third-order valence-corrected chi connectivity index (χ3v) is 4.96. The van der Waals surface area contributed by atoms with Gasteiger partial charge in [-0.3, -0.25) is 14.4 Å². The van der Waals surface area contributed by atoms with Crippen molar-refractivity contribution >= 4 is 17.9 Å². The highest BCUT2D eigenvalue weighted by Crippen LogP contribution is 2.24. The highest BCUT2D eigenvalue weighted by molar-refractivity contribution is 5.73. The van der Waals surface area contributed by atoms with Crippen LogP contribution in [0.5, 0.6) is 0 Å². The number of hydrogen-bond donors (Lipinski definition) is 1. The van der Waals surface area contributed by atoms with E-state index >= 15 is 0 Å². The van der Waals surface area contributed by atoms with Crippen LogP contribution < -0.4 is 0 Å². The van der Waals surface area contributed by atoms with E-state index in [0.29, 0.717) is 64.6 Å². The number of carbonyl (C=O) groups excluding carboxylic acids is 3. The van der Waals surface area contributed by atoms with Gasteiger partial charge in [0.1, 0.15) is 0 Å². The summed E-state index contributed by atoms with van der Waals surface area (Å²) in [6.45, 7) is 3.24. The minimum Gasteiger partial charge on any atom is -0.466 e. The van der Waals surface area contributed by atoms with Crippen molar-refractivity contribution in [3.63, 3.8) is 0 Å². The van der Waals surface area contributed by atoms with Gasteiger partial charge in [-0.2, -0.15) is 0 Å². The molecule has 176 valence electrons. The third-order valence-electron chi connectivity index (χ3n) is 4.96. The van der Waals surface area contributed by atoms with Crippen LogP contribution in [-0.2, 0) is 33.3 Å². The van der Waals surface area contributed by atoms with Crippen molar-refractivity contribution in [3.05, 3.63) is 0 Å². The number of epoxide rings is 1. The van der Waals surface area contributed by atoms with Crippen LogP contribution in [0.1, 0.15) is 64.7 Å². The predicted molar refractivity (Wildman–Crippen MR) is 113 cm³/mol. The van der Waals surface area contributed by atoms with Gasteiger partial charge in [-0.05, 0) is 51.9 Å². The lowest BCUT2D eigenvalue weighted by Crippen LogP contribution is -2.22. The molecular formula is C23H36O8. The first kappa shape index (κ1) is 26.9. The number of terminal acetylenes is 1. The first-order valence-electron chi connectivity index (χ1n) is 11.2. The lowest BCUT2D eigenvalue weighted by atomic mass is 9.98. The summed E-state index contributed by atoms with van der Waals surface area (Å²) in [6.07, 6.45) is 9.82. The molecule has 1 heterocycles. The zero-order valence-electron chi connectivity index (χ0n) is 18.5. The highest BCUT2D eigenvalue weighted by Gasteiger charge is 2.31. The number of aliphatic hydroxyl groups is 1. The van der Waals surface area contributed by atoms with Crippen LogP contribution >= 0.6 is 0 Å². The zero-order valence-corrected chi connectivity index (χ0v) is 18.5. The Kier molecular flexibility index (Phi) is 14.4. The van der Waals surface area contributed by atoms with Crippen molar-refractivity contribution in [2.45, 2.75) is 70.8 Å². The highest BCUT2D eigenvalue weighted by atomic mass is 16.6. The Morgan fingerprint density at radius 1 is 1.03 bits per heavy atom. The van der Waals surface area contributed by atoms with Crippen molar-refractivity contribution in [1.29, 1.82) is 0 Å². The van der Waals surface area contributed by atoms with Gasteiger partial charge in [0.05, 0.1) is 44.4 Å². The first-order chi connectivity index (χ1) is 15.0. The minimum atomic E-state index is -0.410. The van der Waals surface area contributed by atoms with Crippen molar-refractivity contribution < 1.29 is 38.4 Å². The molecule has 0 bridgehead atoms. The second-order valence-corrected chi connectivity index (χ2v) is 7.60. The molecule has 8 nitrogen and oxygen atoms in total. The number of unbranched alkanes of at least 4 members (excludes halogenated alkanes) is 1. The summed E-state index contributed by atoms with van der Waals surface area (Å²) in [7, 11) is 0. The van der Waals surface area contributed by atoms with E-state index in [1.807, 2.05) is 0 Å². The Hall–Kier alpha value is -2.11. The molecule has 0 aromatic rings. The maximum Gasteiger partial charge on any atom is 0.309 e. The molecule has 31 heavy (non-hydrogen) atoms. The Balaban J connectivity index is 2.29. The fourth-order valence-electron chi connectivity index (χ4n) is 3.15. The summed E-state index contributed by atoms with van der Waals surface area (Å²) in [6, 6.07) is 0. The Bertz CT molecular complexity index is 579. The Morgan fingerprint density at radius 2 is 1.68 bits per heavy atom. The smallest absolute Gasteiger partial charge is 0.309 e. The molecule has 0 spiro atoms. The van der Waals surface area contributed by atoms with Gasteiger partial charge in [-0.25, -0.2) is 0 Å². The van der Waals surface area contributed by atoms with E-state index in [-0.39, 0.29) is 56.2 Å². The molecule has 1 fully saturated rings. The average Bonchev–Trinajstić information content (AvgIpc) is 3.57. The van der Waals surface area contributed by atoms with Gasteiger partial charge < -0.3 is 24.1 Å². The minimum absolute atomic E-state index is 0.00417. The molecule has 0 aromatic carbocycles. The fourth-order valence-corrected chi connectivity index (χ4v) is 3.15. The molecule has 1 saturated heterocycles. The van der Waals surface area contributed by atoms with Gasteiger partial charge in [0.2, 0.25) is 0 Å². The number of ether oxygens (including phenoxy) is 4. The van der Waals surface area contributed by atoms with Gasteiger partial charge in [0.25, 0.3) is 0 Å². The molecular weight excluding hydrogens is 404 g/mol. The lowest BCUT2D eigenvalue weighted by Gasteiger charge is -2.16. The van der Waals surface area contributed by atoms with Crippen LogP contribution in [0, 0.1) is 24.2 Å². The molecule has 1 aliphatic heterocycles. The summed E-state index contributed by atoms with van der Waals surface area (Å²) in [5.41, 5.74) is 0. The molecule has 0 amide bonds. The van der Waals surface area contributed by atoms with Crippen LogP contribution in [0.15, 0.2) is 0 Å². The largest absolute Gasteiger partial charge is 0.466 e. The number of hydrogen-bond acceptors (Lipinski definition) is 8. The van der Waals surface area contributed by atoms with E-state index < -0.39 is 5.92 Å². The maximum absolute atomic E-state index is 12.4. The van der Waals surface area contributed by atoms with Crippen molar-refractivity contribution in [1.82, 2.24) is 0 Å². The van der Waals surface area contributed by atoms with E-state index in [0.717, 1.165) is 0 Å². The van der Waals surface area contributed by atoms with Crippen molar-refractivity contribution in [3.8, 4) is 12.3 Å². The number of aliphatic hydroxyl groups excluding tert-OH is 1. The SMILES string of the molecule is C#CCC(CCCO)C(=O)OCCCC(CC1CO1)C(=O)OCCCCC(=O)OCC. The van der Waals surface area contributed by atoms with Gasteiger partial charge in [-0.1, -0.05) is 0 Å². The first-order valence-corrected chi connectivity index (χ1v) is 11.2. The fraction of sp³-hybridized carbons (Fsp3) is 0.783. The van der Waals surface area contributed by atoms with Crippen molar-refractivity contribution in [2.24, 2.45) is 11.8 Å². The van der Waals surface area contributed by atoms with E-state index in [4.69, 9.17) is 30.5 Å². The summed E-state index contributed by atoms with van der Waals surface area (Å²) < 4.78 is 20.8. The Morgan fingerprint density at radius 3 is 2.29 bits per heavy atom. The second-order valence-electron chi connectivity index (χ2n) is 7.60. The van der Waals surface area contributed by atoms with Crippen LogP contribution in [0.3, 0.4) is 0 Å². The summed E-state index contributed by atoms with van der Waals surface area (Å²) in [5, 5.41) is 8.93. The summed E-state index contributed by atoms with van der Waals surface area (Å²) >= 11 is 0. The number of rotatable bonds is 18.